The van der Waals surface area contributed by atoms with Crippen LogP contribution in [0.3, 0.4) is 0 Å². The van der Waals surface area contributed by atoms with E-state index in [0.29, 0.717) is 30.8 Å². The minimum atomic E-state index is -3.82. The summed E-state index contributed by atoms with van der Waals surface area (Å²) in [6.45, 7) is 0.468. The number of unbranched alkanes of at least 4 members (excludes halogenated alkanes) is 1. The molecule has 12 nitrogen and oxygen atoms in total. The Kier molecular flexibility index (Phi) is 13.3. The van der Waals surface area contributed by atoms with Gasteiger partial charge in [0.15, 0.2) is 0 Å². The van der Waals surface area contributed by atoms with Gasteiger partial charge < -0.3 is 25.8 Å². The van der Waals surface area contributed by atoms with E-state index in [-0.39, 0.29) is 32.4 Å². The van der Waals surface area contributed by atoms with Gasteiger partial charge in [-0.05, 0) is 61.9 Å². The van der Waals surface area contributed by atoms with Crippen LogP contribution in [0, 0.1) is 0 Å². The maximum Gasteiger partial charge on any atom is 0.374 e. The van der Waals surface area contributed by atoms with E-state index in [2.05, 4.69) is 10.0 Å². The maximum atomic E-state index is 13.9. The number of nitrogens with one attached hydrogen (secondary N) is 2. The number of nitrogens with zero attached hydrogens (tertiary/aromatic N) is 1. The Labute approximate surface area is 262 Å². The van der Waals surface area contributed by atoms with E-state index in [1.165, 1.54) is 4.90 Å². The molecule has 4 atom stereocenters. The van der Waals surface area contributed by atoms with E-state index in [1.807, 2.05) is 30.3 Å². The van der Waals surface area contributed by atoms with Crippen molar-refractivity contribution in [1.82, 2.24) is 14.9 Å². The molecule has 0 saturated carbocycles. The lowest BCUT2D eigenvalue weighted by molar-refractivity contribution is -0.151. The fraction of sp³-hybridized carbons (Fsp3) is 0.467. The molecule has 1 saturated heterocycles. The van der Waals surface area contributed by atoms with Crippen molar-refractivity contribution in [3.8, 4) is 0 Å². The van der Waals surface area contributed by atoms with Gasteiger partial charge in [-0.3, -0.25) is 14.4 Å². The first-order valence-electron chi connectivity index (χ1n) is 14.3. The van der Waals surface area contributed by atoms with Crippen LogP contribution in [-0.4, -0.2) is 85.6 Å². The summed E-state index contributed by atoms with van der Waals surface area (Å²) in [4.78, 5) is 52.6. The number of ketones is 1. The van der Waals surface area contributed by atoms with Gasteiger partial charge in [0, 0.05) is 18.0 Å². The molecule has 3 rings (SSSR count). The second kappa shape index (κ2) is 16.6. The molecule has 2 aromatic carbocycles. The Hall–Kier alpha value is -3.36. The first-order chi connectivity index (χ1) is 20.9. The Morgan fingerprint density at radius 1 is 1.02 bits per heavy atom. The van der Waals surface area contributed by atoms with Crippen LogP contribution in [0.25, 0.3) is 0 Å². The number of amides is 2. The van der Waals surface area contributed by atoms with Crippen molar-refractivity contribution in [1.29, 1.82) is 0 Å². The minimum absolute atomic E-state index is 0.0253. The second-order valence-electron chi connectivity index (χ2n) is 10.8. The van der Waals surface area contributed by atoms with Gasteiger partial charge in [-0.15, -0.1) is 0 Å². The SMILES string of the molecule is CS(=O)(=O)N[C@H](CCc1ccccc1)C(=O)N1C[C@H](OCc2ccc(Cl)cc2)C[C@H]1C(=O)N[C@@H](CCCCN)C(=O)C(=O)O. The summed E-state index contributed by atoms with van der Waals surface area (Å²) >= 11 is 5.97. The summed E-state index contributed by atoms with van der Waals surface area (Å²) in [5, 5.41) is 12.4. The van der Waals surface area contributed by atoms with Crippen molar-refractivity contribution in [3.05, 3.63) is 70.7 Å². The summed E-state index contributed by atoms with van der Waals surface area (Å²) in [6.07, 6.45) is 1.88. The average molecular weight is 651 g/mol. The van der Waals surface area contributed by atoms with E-state index in [0.717, 1.165) is 17.4 Å². The first-order valence-corrected chi connectivity index (χ1v) is 16.6. The van der Waals surface area contributed by atoms with E-state index < -0.39 is 57.8 Å². The number of aryl methyl sites for hydroxylation is 1. The van der Waals surface area contributed by atoms with Crippen molar-refractivity contribution in [2.75, 3.05) is 19.3 Å². The van der Waals surface area contributed by atoms with Crippen LogP contribution >= 0.6 is 11.6 Å². The van der Waals surface area contributed by atoms with E-state index in [9.17, 15) is 32.7 Å². The Bertz CT molecular complexity index is 1390. The molecule has 1 aliphatic rings. The molecule has 0 radical (unpaired) electrons. The summed E-state index contributed by atoms with van der Waals surface area (Å²) in [7, 11) is -3.82. The van der Waals surface area contributed by atoms with Gasteiger partial charge >= 0.3 is 5.97 Å². The van der Waals surface area contributed by atoms with Crippen LogP contribution in [0.1, 0.15) is 43.2 Å². The molecule has 1 aliphatic heterocycles. The number of carbonyl (C=O) groups is 4. The van der Waals surface area contributed by atoms with Gasteiger partial charge in [0.05, 0.1) is 25.0 Å². The number of carboxylic acids is 1. The maximum absolute atomic E-state index is 13.9. The number of aliphatic carboxylic acids is 1. The summed E-state index contributed by atoms with van der Waals surface area (Å²) in [6, 6.07) is 12.6. The lowest BCUT2D eigenvalue weighted by Gasteiger charge is -2.29. The molecule has 0 unspecified atom stereocenters. The van der Waals surface area contributed by atoms with Crippen molar-refractivity contribution in [3.63, 3.8) is 0 Å². The smallest absolute Gasteiger partial charge is 0.374 e. The number of ether oxygens (including phenoxy) is 1. The highest BCUT2D eigenvalue weighted by atomic mass is 35.5. The molecule has 14 heteroatoms. The van der Waals surface area contributed by atoms with E-state index in [4.69, 9.17) is 22.1 Å². The summed E-state index contributed by atoms with van der Waals surface area (Å²) in [5.41, 5.74) is 7.24. The van der Waals surface area contributed by atoms with E-state index >= 15 is 0 Å². The van der Waals surface area contributed by atoms with Gasteiger partial charge in [0.25, 0.3) is 5.78 Å². The number of carbonyl (C=O) groups excluding carboxylic acids is 3. The lowest BCUT2D eigenvalue weighted by atomic mass is 10.0. The highest BCUT2D eigenvalue weighted by Gasteiger charge is 2.43. The number of halogens is 1. The first kappa shape index (κ1) is 35.1. The number of benzene rings is 2. The number of hydrogen-bond acceptors (Lipinski definition) is 8. The monoisotopic (exact) mass is 650 g/mol. The van der Waals surface area contributed by atoms with Crippen LogP contribution in [0.2, 0.25) is 5.02 Å². The molecule has 2 amide bonds. The predicted octanol–water partition coefficient (Wildman–Crippen LogP) is 1.64. The fourth-order valence-corrected chi connectivity index (χ4v) is 5.89. The van der Waals surface area contributed by atoms with Crippen LogP contribution in [0.4, 0.5) is 0 Å². The van der Waals surface area contributed by atoms with Crippen LogP contribution < -0.4 is 15.8 Å². The van der Waals surface area contributed by atoms with Gasteiger partial charge in [-0.2, -0.15) is 0 Å². The zero-order valence-corrected chi connectivity index (χ0v) is 26.1. The molecule has 240 valence electrons. The van der Waals surface area contributed by atoms with E-state index in [1.54, 1.807) is 24.3 Å². The number of rotatable bonds is 17. The van der Waals surface area contributed by atoms with Gasteiger partial charge in [-0.1, -0.05) is 54.1 Å². The molecule has 0 aliphatic carbocycles. The largest absolute Gasteiger partial charge is 0.475 e. The number of sulfonamides is 1. The van der Waals surface area contributed by atoms with Gasteiger partial charge in [-0.25, -0.2) is 17.9 Å². The number of nitrogens with two attached hydrogens (primary N) is 1. The van der Waals surface area contributed by atoms with Crippen LogP contribution in [-0.2, 0) is 47.0 Å². The highest BCUT2D eigenvalue weighted by Crippen LogP contribution is 2.25. The van der Waals surface area contributed by atoms with Crippen LogP contribution in [0.15, 0.2) is 54.6 Å². The molecular weight excluding hydrogens is 612 g/mol. The predicted molar refractivity (Wildman–Crippen MR) is 164 cm³/mol. The third kappa shape index (κ3) is 11.0. The second-order valence-corrected chi connectivity index (χ2v) is 13.0. The topological polar surface area (TPSA) is 185 Å². The van der Waals surface area contributed by atoms with Crippen LogP contribution in [0.5, 0.6) is 0 Å². The number of hydrogen-bond donors (Lipinski definition) is 4. The molecule has 1 heterocycles. The molecule has 1 fully saturated rings. The number of likely N-dealkylation sites (tertiary alicyclic amines) is 1. The van der Waals surface area contributed by atoms with Crippen molar-refractivity contribution in [2.24, 2.45) is 5.73 Å². The molecule has 0 bridgehead atoms. The molecule has 2 aromatic rings. The molecule has 0 spiro atoms. The Morgan fingerprint density at radius 2 is 1.70 bits per heavy atom. The van der Waals surface area contributed by atoms with Crippen molar-refractivity contribution in [2.45, 2.75) is 69.4 Å². The minimum Gasteiger partial charge on any atom is -0.475 e. The number of Topliss-reactive ketones (excluding diaryl/α,β-unsaturated/α-hetero) is 1. The Balaban J connectivity index is 1.85. The summed E-state index contributed by atoms with van der Waals surface area (Å²) < 4.78 is 32.9. The highest BCUT2D eigenvalue weighted by molar-refractivity contribution is 7.88. The fourth-order valence-electron chi connectivity index (χ4n) is 5.03. The third-order valence-electron chi connectivity index (χ3n) is 7.26. The molecule has 44 heavy (non-hydrogen) atoms. The Morgan fingerprint density at radius 3 is 2.32 bits per heavy atom. The zero-order chi connectivity index (χ0) is 32.3. The average Bonchev–Trinajstić information content (AvgIpc) is 3.42. The molecular formula is C30H39ClN4O8S. The quantitative estimate of drug-likeness (QED) is 0.146. The lowest BCUT2D eigenvalue weighted by Crippen LogP contribution is -2.55. The molecule has 0 aromatic heterocycles. The van der Waals surface area contributed by atoms with Gasteiger partial charge in [0.1, 0.15) is 12.1 Å². The third-order valence-corrected chi connectivity index (χ3v) is 8.22. The standard InChI is InChI=1S/C30H39ClN4O8S/c1-44(41,42)34-25(15-12-20-7-3-2-4-8-20)29(38)35-18-23(43-19-21-10-13-22(31)14-11-21)17-26(35)28(37)33-24(9-5-6-16-32)27(36)30(39)40/h2-4,7-8,10-11,13-14,23-26,34H,5-6,9,12,15-19,32H2,1H3,(H,33,37)(H,39,40)/t23-,24+,25-,26+/m1/s1. The zero-order valence-electron chi connectivity index (χ0n) is 24.5. The molecule has 5 N–H and O–H groups in total. The normalized spacial score (nSPS) is 18.0. The van der Waals surface area contributed by atoms with Crippen molar-refractivity contribution < 1.29 is 37.4 Å². The van der Waals surface area contributed by atoms with Crippen molar-refractivity contribution >= 4 is 45.2 Å². The summed E-state index contributed by atoms with van der Waals surface area (Å²) in [5.74, 6) is -4.23. The van der Waals surface area contributed by atoms with Gasteiger partial charge in [0.2, 0.25) is 21.8 Å². The number of carboxylic acid groups (broad SMARTS) is 1.